The van der Waals surface area contributed by atoms with Gasteiger partial charge in [0.2, 0.25) is 5.91 Å². The number of aryl methyl sites for hydroxylation is 1. The van der Waals surface area contributed by atoms with Crippen molar-refractivity contribution in [2.45, 2.75) is 31.6 Å². The van der Waals surface area contributed by atoms with Crippen molar-refractivity contribution in [3.05, 3.63) is 63.9 Å². The maximum Gasteiger partial charge on any atom is 0.235 e. The molecule has 2 nitrogen and oxygen atoms in total. The van der Waals surface area contributed by atoms with Gasteiger partial charge in [0.05, 0.1) is 11.1 Å². The molecule has 1 aliphatic carbocycles. The summed E-state index contributed by atoms with van der Waals surface area (Å²) in [6.07, 6.45) is 2.50. The van der Waals surface area contributed by atoms with E-state index < -0.39 is 5.41 Å². The van der Waals surface area contributed by atoms with Crippen LogP contribution in [-0.2, 0) is 10.2 Å². The Morgan fingerprint density at radius 2 is 2.00 bits per heavy atom. The largest absolute Gasteiger partial charge is 0.324 e. The summed E-state index contributed by atoms with van der Waals surface area (Å²) in [5, 5.41) is 2.99. The molecule has 114 valence electrons. The second-order valence-corrected chi connectivity index (χ2v) is 6.74. The van der Waals surface area contributed by atoms with Gasteiger partial charge in [-0.1, -0.05) is 24.6 Å². The Kier molecular flexibility index (Phi) is 4.04. The fraction of sp³-hybridized carbons (Fsp3) is 0.278. The van der Waals surface area contributed by atoms with Crippen LogP contribution in [0.1, 0.15) is 30.4 Å². The molecule has 0 saturated heterocycles. The van der Waals surface area contributed by atoms with Gasteiger partial charge in [-0.05, 0) is 71.1 Å². The molecule has 0 bridgehead atoms. The molecule has 2 aromatic rings. The van der Waals surface area contributed by atoms with E-state index in [9.17, 15) is 9.18 Å². The molecular weight excluding hydrogens is 345 g/mol. The third kappa shape index (κ3) is 2.68. The van der Waals surface area contributed by atoms with Crippen LogP contribution in [0.4, 0.5) is 10.1 Å². The minimum Gasteiger partial charge on any atom is -0.324 e. The third-order valence-corrected chi connectivity index (χ3v) is 5.05. The van der Waals surface area contributed by atoms with Crippen LogP contribution in [0.15, 0.2) is 46.9 Å². The van der Waals surface area contributed by atoms with Gasteiger partial charge in [-0.25, -0.2) is 4.39 Å². The van der Waals surface area contributed by atoms with E-state index in [-0.39, 0.29) is 11.7 Å². The number of carbonyl (C=O) groups is 1. The minimum atomic E-state index is -0.605. The normalized spacial score (nSPS) is 16.0. The van der Waals surface area contributed by atoms with Crippen LogP contribution in [0.25, 0.3) is 0 Å². The van der Waals surface area contributed by atoms with Gasteiger partial charge in [-0.2, -0.15) is 0 Å². The quantitative estimate of drug-likeness (QED) is 0.822. The van der Waals surface area contributed by atoms with Crippen molar-refractivity contribution in [1.29, 1.82) is 0 Å². The first-order valence-electron chi connectivity index (χ1n) is 7.35. The van der Waals surface area contributed by atoms with E-state index in [2.05, 4.69) is 21.2 Å². The van der Waals surface area contributed by atoms with Crippen LogP contribution in [0.3, 0.4) is 0 Å². The SMILES string of the molecule is Cc1ccc(NC(=O)C2(c3cccc(F)c3)CCC2)c(Br)c1. The maximum absolute atomic E-state index is 13.5. The molecule has 1 saturated carbocycles. The van der Waals surface area contributed by atoms with Crippen molar-refractivity contribution in [2.75, 3.05) is 5.32 Å². The lowest BCUT2D eigenvalue weighted by Gasteiger charge is -2.40. The molecule has 3 rings (SSSR count). The number of rotatable bonds is 3. The monoisotopic (exact) mass is 361 g/mol. The second kappa shape index (κ2) is 5.84. The van der Waals surface area contributed by atoms with E-state index in [1.165, 1.54) is 12.1 Å². The Morgan fingerprint density at radius 1 is 1.23 bits per heavy atom. The van der Waals surface area contributed by atoms with E-state index in [0.29, 0.717) is 0 Å². The summed E-state index contributed by atoms with van der Waals surface area (Å²) >= 11 is 3.48. The highest BCUT2D eigenvalue weighted by molar-refractivity contribution is 9.10. The van der Waals surface area contributed by atoms with Gasteiger partial charge in [0, 0.05) is 4.47 Å². The zero-order valence-corrected chi connectivity index (χ0v) is 13.9. The van der Waals surface area contributed by atoms with Gasteiger partial charge in [-0.15, -0.1) is 0 Å². The van der Waals surface area contributed by atoms with Gasteiger partial charge in [0.1, 0.15) is 5.82 Å². The first-order valence-corrected chi connectivity index (χ1v) is 8.14. The van der Waals surface area contributed by atoms with Crippen LogP contribution in [-0.4, -0.2) is 5.91 Å². The lowest BCUT2D eigenvalue weighted by Crippen LogP contribution is -2.46. The molecule has 0 spiro atoms. The molecule has 0 radical (unpaired) electrons. The van der Waals surface area contributed by atoms with Crippen LogP contribution >= 0.6 is 15.9 Å². The predicted molar refractivity (Wildman–Crippen MR) is 89.4 cm³/mol. The van der Waals surface area contributed by atoms with Crippen molar-refractivity contribution in [1.82, 2.24) is 0 Å². The standard InChI is InChI=1S/C18H17BrFNO/c1-12-6-7-16(15(19)10-12)21-17(22)18(8-3-9-18)13-4-2-5-14(20)11-13/h2,4-7,10-11H,3,8-9H2,1H3,(H,21,22). The van der Waals surface area contributed by atoms with E-state index in [1.54, 1.807) is 6.07 Å². The molecule has 0 aromatic heterocycles. The number of benzene rings is 2. The number of nitrogens with one attached hydrogen (secondary N) is 1. The highest BCUT2D eigenvalue weighted by Crippen LogP contribution is 2.45. The summed E-state index contributed by atoms with van der Waals surface area (Å²) in [6.45, 7) is 2.00. The predicted octanol–water partition coefficient (Wildman–Crippen LogP) is 4.96. The molecule has 1 N–H and O–H groups in total. The number of amides is 1. The molecule has 2 aromatic carbocycles. The average molecular weight is 362 g/mol. The Bertz CT molecular complexity index is 725. The Labute approximate surface area is 137 Å². The summed E-state index contributed by atoms with van der Waals surface area (Å²) in [6, 6.07) is 12.2. The molecule has 1 fully saturated rings. The first kappa shape index (κ1) is 15.2. The van der Waals surface area contributed by atoms with Crippen molar-refractivity contribution in [3.63, 3.8) is 0 Å². The highest BCUT2D eigenvalue weighted by atomic mass is 79.9. The number of hydrogen-bond donors (Lipinski definition) is 1. The second-order valence-electron chi connectivity index (χ2n) is 5.88. The Hall–Kier alpha value is -1.68. The topological polar surface area (TPSA) is 29.1 Å². The van der Waals surface area contributed by atoms with Gasteiger partial charge < -0.3 is 5.32 Å². The van der Waals surface area contributed by atoms with Gasteiger partial charge in [0.25, 0.3) is 0 Å². The zero-order chi connectivity index (χ0) is 15.7. The molecule has 0 heterocycles. The lowest BCUT2D eigenvalue weighted by atomic mass is 9.63. The van der Waals surface area contributed by atoms with Crippen LogP contribution < -0.4 is 5.32 Å². The number of halogens is 2. The average Bonchev–Trinajstić information content (AvgIpc) is 2.41. The van der Waals surface area contributed by atoms with E-state index in [4.69, 9.17) is 0 Å². The molecule has 0 aliphatic heterocycles. The molecular formula is C18H17BrFNO. The fourth-order valence-corrected chi connectivity index (χ4v) is 3.52. The maximum atomic E-state index is 13.5. The van der Waals surface area contributed by atoms with E-state index in [1.807, 2.05) is 31.2 Å². The van der Waals surface area contributed by atoms with Gasteiger partial charge >= 0.3 is 0 Å². The molecule has 22 heavy (non-hydrogen) atoms. The van der Waals surface area contributed by atoms with Crippen LogP contribution in [0.2, 0.25) is 0 Å². The Balaban J connectivity index is 1.89. The zero-order valence-electron chi connectivity index (χ0n) is 12.3. The first-order chi connectivity index (χ1) is 10.5. The minimum absolute atomic E-state index is 0.0612. The summed E-state index contributed by atoms with van der Waals surface area (Å²) < 4.78 is 14.4. The fourth-order valence-electron chi connectivity index (χ4n) is 2.93. The van der Waals surface area contributed by atoms with Crippen molar-refractivity contribution < 1.29 is 9.18 Å². The van der Waals surface area contributed by atoms with Crippen LogP contribution in [0, 0.1) is 12.7 Å². The number of anilines is 1. The summed E-state index contributed by atoms with van der Waals surface area (Å²) in [7, 11) is 0. The van der Waals surface area contributed by atoms with Crippen molar-refractivity contribution in [3.8, 4) is 0 Å². The summed E-state index contributed by atoms with van der Waals surface area (Å²) in [4.78, 5) is 12.8. The lowest BCUT2D eigenvalue weighted by molar-refractivity contribution is -0.124. The van der Waals surface area contributed by atoms with Gasteiger partial charge in [0.15, 0.2) is 0 Å². The van der Waals surface area contributed by atoms with Crippen molar-refractivity contribution >= 4 is 27.5 Å². The molecule has 1 aliphatic rings. The molecule has 4 heteroatoms. The third-order valence-electron chi connectivity index (χ3n) is 4.39. The van der Waals surface area contributed by atoms with Crippen LogP contribution in [0.5, 0.6) is 0 Å². The number of hydrogen-bond acceptors (Lipinski definition) is 1. The smallest absolute Gasteiger partial charge is 0.235 e. The summed E-state index contributed by atoms with van der Waals surface area (Å²) in [5.41, 5.74) is 2.03. The van der Waals surface area contributed by atoms with Gasteiger partial charge in [-0.3, -0.25) is 4.79 Å². The highest BCUT2D eigenvalue weighted by Gasteiger charge is 2.45. The summed E-state index contributed by atoms with van der Waals surface area (Å²) in [5.74, 6) is -0.359. The molecule has 0 atom stereocenters. The molecule has 1 amide bonds. The molecule has 0 unspecified atom stereocenters. The Morgan fingerprint density at radius 3 is 2.59 bits per heavy atom. The van der Waals surface area contributed by atoms with Crippen molar-refractivity contribution in [2.24, 2.45) is 0 Å². The van der Waals surface area contributed by atoms with E-state index >= 15 is 0 Å². The number of carbonyl (C=O) groups excluding carboxylic acids is 1. The van der Waals surface area contributed by atoms with E-state index in [0.717, 1.165) is 40.5 Å².